The summed E-state index contributed by atoms with van der Waals surface area (Å²) in [4.78, 5) is 24.0. The van der Waals surface area contributed by atoms with Gasteiger partial charge in [-0.1, -0.05) is 30.3 Å². The molecule has 0 fully saturated rings. The zero-order valence-electron chi connectivity index (χ0n) is 11.7. The Morgan fingerprint density at radius 2 is 1.95 bits per heavy atom. The van der Waals surface area contributed by atoms with E-state index >= 15 is 0 Å². The average molecular weight is 295 g/mol. The van der Waals surface area contributed by atoms with Gasteiger partial charge in [0.05, 0.1) is 12.2 Å². The number of rotatable bonds is 9. The van der Waals surface area contributed by atoms with Gasteiger partial charge in [-0.3, -0.25) is 9.59 Å². The largest absolute Gasteiger partial charge is 0.481 e. The van der Waals surface area contributed by atoms with E-state index in [0.29, 0.717) is 18.8 Å². The number of nitrogens with zero attached hydrogens (tertiary/aromatic N) is 1. The zero-order chi connectivity index (χ0) is 14.8. The zero-order valence-corrected chi connectivity index (χ0v) is 12.6. The van der Waals surface area contributed by atoms with Crippen LogP contribution in [0.2, 0.25) is 0 Å². The molecule has 0 bridgehead atoms. The van der Waals surface area contributed by atoms with E-state index in [2.05, 4.69) is 12.1 Å². The second-order valence-electron chi connectivity index (χ2n) is 4.41. The number of thioether (sulfide) groups is 1. The minimum atomic E-state index is -0.868. The summed E-state index contributed by atoms with van der Waals surface area (Å²) in [6.45, 7) is 2.73. The van der Waals surface area contributed by atoms with Gasteiger partial charge in [0.15, 0.2) is 0 Å². The molecule has 5 heteroatoms. The molecule has 0 aliphatic heterocycles. The first-order chi connectivity index (χ1) is 9.63. The fraction of sp³-hybridized carbons (Fsp3) is 0.467. The lowest BCUT2D eigenvalue weighted by Crippen LogP contribution is -2.34. The topological polar surface area (TPSA) is 57.6 Å². The number of carboxylic acid groups (broad SMARTS) is 1. The highest BCUT2D eigenvalue weighted by Crippen LogP contribution is 2.08. The van der Waals surface area contributed by atoms with Gasteiger partial charge in [0, 0.05) is 13.1 Å². The molecule has 0 aliphatic carbocycles. The second kappa shape index (κ2) is 9.42. The third-order valence-corrected chi connectivity index (χ3v) is 3.88. The Morgan fingerprint density at radius 3 is 2.55 bits per heavy atom. The van der Waals surface area contributed by atoms with Crippen molar-refractivity contribution in [1.82, 2.24) is 4.90 Å². The van der Waals surface area contributed by atoms with Crippen LogP contribution in [-0.4, -0.2) is 46.5 Å². The van der Waals surface area contributed by atoms with Crippen LogP contribution in [-0.2, 0) is 16.0 Å². The molecule has 0 heterocycles. The molecule has 110 valence electrons. The van der Waals surface area contributed by atoms with E-state index in [1.54, 1.807) is 16.7 Å². The Kier molecular flexibility index (Phi) is 7.80. The molecular formula is C15H21NO3S. The van der Waals surface area contributed by atoms with Crippen LogP contribution in [0, 0.1) is 0 Å². The quantitative estimate of drug-likeness (QED) is 0.710. The number of aliphatic carboxylic acids is 1. The maximum atomic E-state index is 11.9. The van der Waals surface area contributed by atoms with E-state index < -0.39 is 5.97 Å². The Balaban J connectivity index is 2.22. The number of benzene rings is 1. The number of carbonyl (C=O) groups excluding carboxylic acids is 1. The molecule has 0 unspecified atom stereocenters. The average Bonchev–Trinajstić information content (AvgIpc) is 2.45. The SMILES string of the molecule is CCN(CCC(=O)O)C(=O)CSCCc1ccccc1. The predicted octanol–water partition coefficient (Wildman–Crippen LogP) is 2.29. The molecule has 0 radical (unpaired) electrons. The van der Waals surface area contributed by atoms with Gasteiger partial charge in [-0.15, -0.1) is 0 Å². The second-order valence-corrected chi connectivity index (χ2v) is 5.51. The molecule has 4 nitrogen and oxygen atoms in total. The van der Waals surface area contributed by atoms with E-state index in [-0.39, 0.29) is 12.3 Å². The van der Waals surface area contributed by atoms with E-state index in [9.17, 15) is 9.59 Å². The highest BCUT2D eigenvalue weighted by atomic mass is 32.2. The van der Waals surface area contributed by atoms with E-state index in [1.807, 2.05) is 25.1 Å². The molecule has 20 heavy (non-hydrogen) atoms. The van der Waals surface area contributed by atoms with Crippen molar-refractivity contribution in [1.29, 1.82) is 0 Å². The van der Waals surface area contributed by atoms with Crippen LogP contribution in [0.25, 0.3) is 0 Å². The Bertz CT molecular complexity index is 422. The number of carboxylic acids is 1. The number of amides is 1. The fourth-order valence-corrected chi connectivity index (χ4v) is 2.66. The van der Waals surface area contributed by atoms with Crippen molar-refractivity contribution in [3.05, 3.63) is 35.9 Å². The maximum absolute atomic E-state index is 11.9. The highest BCUT2D eigenvalue weighted by Gasteiger charge is 2.12. The van der Waals surface area contributed by atoms with Crippen LogP contribution in [0.3, 0.4) is 0 Å². The summed E-state index contributed by atoms with van der Waals surface area (Å²) < 4.78 is 0. The lowest BCUT2D eigenvalue weighted by atomic mass is 10.2. The van der Waals surface area contributed by atoms with Crippen LogP contribution in [0.4, 0.5) is 0 Å². The first-order valence-corrected chi connectivity index (χ1v) is 7.90. The Hall–Kier alpha value is -1.49. The van der Waals surface area contributed by atoms with Crippen LogP contribution in [0.15, 0.2) is 30.3 Å². The summed E-state index contributed by atoms with van der Waals surface area (Å²) in [5.41, 5.74) is 1.27. The van der Waals surface area contributed by atoms with Gasteiger partial charge in [-0.2, -0.15) is 11.8 Å². The number of hydrogen-bond acceptors (Lipinski definition) is 3. The smallest absolute Gasteiger partial charge is 0.305 e. The molecule has 1 N–H and O–H groups in total. The molecule has 1 rings (SSSR count). The van der Waals surface area contributed by atoms with Gasteiger partial charge in [0.25, 0.3) is 0 Å². The summed E-state index contributed by atoms with van der Waals surface area (Å²) in [6, 6.07) is 10.2. The molecule has 0 aromatic heterocycles. The molecule has 1 aromatic rings. The van der Waals surface area contributed by atoms with Gasteiger partial charge >= 0.3 is 5.97 Å². The van der Waals surface area contributed by atoms with Crippen LogP contribution < -0.4 is 0 Å². The molecular weight excluding hydrogens is 274 g/mol. The minimum Gasteiger partial charge on any atom is -0.481 e. The maximum Gasteiger partial charge on any atom is 0.305 e. The van der Waals surface area contributed by atoms with Crippen molar-refractivity contribution in [2.24, 2.45) is 0 Å². The minimum absolute atomic E-state index is 0.00820. The molecule has 0 saturated carbocycles. The summed E-state index contributed by atoms with van der Waals surface area (Å²) in [6.07, 6.45) is 0.953. The van der Waals surface area contributed by atoms with Gasteiger partial charge in [0.1, 0.15) is 0 Å². The summed E-state index contributed by atoms with van der Waals surface area (Å²) >= 11 is 1.60. The van der Waals surface area contributed by atoms with Gasteiger partial charge in [-0.25, -0.2) is 0 Å². The van der Waals surface area contributed by atoms with Crippen LogP contribution >= 0.6 is 11.8 Å². The van der Waals surface area contributed by atoms with Crippen molar-refractivity contribution in [3.63, 3.8) is 0 Å². The van der Waals surface area contributed by atoms with Crippen molar-refractivity contribution >= 4 is 23.6 Å². The fourth-order valence-electron chi connectivity index (χ4n) is 1.78. The van der Waals surface area contributed by atoms with Gasteiger partial charge in [-0.05, 0) is 24.7 Å². The van der Waals surface area contributed by atoms with Crippen LogP contribution in [0.5, 0.6) is 0 Å². The van der Waals surface area contributed by atoms with Crippen molar-refractivity contribution < 1.29 is 14.7 Å². The van der Waals surface area contributed by atoms with E-state index in [1.165, 1.54) is 5.56 Å². The van der Waals surface area contributed by atoms with E-state index in [4.69, 9.17) is 5.11 Å². The molecule has 0 saturated heterocycles. The Labute approximate surface area is 124 Å². The van der Waals surface area contributed by atoms with Gasteiger partial charge in [0.2, 0.25) is 5.91 Å². The third-order valence-electron chi connectivity index (χ3n) is 2.93. The van der Waals surface area contributed by atoms with Crippen molar-refractivity contribution in [2.75, 3.05) is 24.6 Å². The number of aryl methyl sites for hydroxylation is 1. The summed E-state index contributed by atoms with van der Waals surface area (Å²) in [5.74, 6) is 0.465. The number of carbonyl (C=O) groups is 2. The standard InChI is InChI=1S/C15H21NO3S/c1-2-16(10-8-15(18)19)14(17)12-20-11-9-13-6-4-3-5-7-13/h3-7H,2,8-12H2,1H3,(H,18,19). The molecule has 1 aromatic carbocycles. The van der Waals surface area contributed by atoms with Crippen molar-refractivity contribution in [2.45, 2.75) is 19.8 Å². The van der Waals surface area contributed by atoms with Crippen LogP contribution in [0.1, 0.15) is 18.9 Å². The number of hydrogen-bond donors (Lipinski definition) is 1. The lowest BCUT2D eigenvalue weighted by Gasteiger charge is -2.19. The van der Waals surface area contributed by atoms with Gasteiger partial charge < -0.3 is 10.0 Å². The molecule has 1 amide bonds. The summed E-state index contributed by atoms with van der Waals surface area (Å²) in [5, 5.41) is 8.64. The Morgan fingerprint density at radius 1 is 1.25 bits per heavy atom. The summed E-state index contributed by atoms with van der Waals surface area (Å²) in [7, 11) is 0. The predicted molar refractivity (Wildman–Crippen MR) is 82.0 cm³/mol. The highest BCUT2D eigenvalue weighted by molar-refractivity contribution is 7.99. The lowest BCUT2D eigenvalue weighted by molar-refractivity contribution is -0.138. The van der Waals surface area contributed by atoms with Crippen molar-refractivity contribution in [3.8, 4) is 0 Å². The first kappa shape index (κ1) is 16.6. The molecule has 0 atom stereocenters. The third kappa shape index (κ3) is 6.61. The van der Waals surface area contributed by atoms with E-state index in [0.717, 1.165) is 12.2 Å². The molecule has 0 aliphatic rings. The molecule has 0 spiro atoms. The first-order valence-electron chi connectivity index (χ1n) is 6.74. The monoisotopic (exact) mass is 295 g/mol. The normalized spacial score (nSPS) is 10.2.